The van der Waals surface area contributed by atoms with Gasteiger partial charge in [-0.3, -0.25) is 4.79 Å². The van der Waals surface area contributed by atoms with Crippen molar-refractivity contribution in [2.24, 2.45) is 5.92 Å². The predicted octanol–water partition coefficient (Wildman–Crippen LogP) is 4.28. The summed E-state index contributed by atoms with van der Waals surface area (Å²) in [5.41, 5.74) is 0.748. The van der Waals surface area contributed by atoms with E-state index in [2.05, 4.69) is 18.3 Å². The molecule has 3 nitrogen and oxygen atoms in total. The highest BCUT2D eigenvalue weighted by molar-refractivity contribution is 7.16. The minimum Gasteiger partial charge on any atom is -0.312 e. The van der Waals surface area contributed by atoms with Crippen molar-refractivity contribution in [1.29, 1.82) is 5.26 Å². The van der Waals surface area contributed by atoms with Crippen LogP contribution in [0.5, 0.6) is 0 Å². The average Bonchev–Trinajstić information content (AvgIpc) is 2.82. The summed E-state index contributed by atoms with van der Waals surface area (Å²) in [6.45, 7) is 2.14. The minimum atomic E-state index is -0.920. The molecule has 118 valence electrons. The van der Waals surface area contributed by atoms with Gasteiger partial charge in [0.05, 0.1) is 5.56 Å². The van der Waals surface area contributed by atoms with Crippen molar-refractivity contribution >= 4 is 22.2 Å². The van der Waals surface area contributed by atoms with Crippen LogP contribution < -0.4 is 5.32 Å². The molecule has 1 aliphatic carbocycles. The van der Waals surface area contributed by atoms with Crippen LogP contribution in [0.3, 0.4) is 0 Å². The molecule has 1 atom stereocenters. The van der Waals surface area contributed by atoms with E-state index in [0.717, 1.165) is 41.8 Å². The lowest BCUT2D eigenvalue weighted by molar-refractivity contribution is 0.101. The fourth-order valence-electron chi connectivity index (χ4n) is 2.84. The van der Waals surface area contributed by atoms with Gasteiger partial charge in [0, 0.05) is 4.88 Å². The Morgan fingerprint density at radius 2 is 2.09 bits per heavy atom. The maximum Gasteiger partial charge on any atom is 0.262 e. The van der Waals surface area contributed by atoms with Gasteiger partial charge in [0.15, 0.2) is 0 Å². The standard InChI is InChI=1S/C17H14F2N2OS/c1-9-5-6-10-11(8-20)17(23-14(10)7-9)21-16(22)15-12(18)3-2-4-13(15)19/h2-4,9H,5-7H2,1H3,(H,21,22)/t9-/m0/s1. The second-order valence-electron chi connectivity index (χ2n) is 5.72. The number of nitrogens with zero attached hydrogens (tertiary/aromatic N) is 1. The Hall–Kier alpha value is -2.26. The Balaban J connectivity index is 1.95. The largest absolute Gasteiger partial charge is 0.312 e. The van der Waals surface area contributed by atoms with Gasteiger partial charge in [-0.25, -0.2) is 8.78 Å². The molecule has 0 saturated heterocycles. The maximum atomic E-state index is 13.7. The van der Waals surface area contributed by atoms with Gasteiger partial charge in [-0.15, -0.1) is 11.3 Å². The smallest absolute Gasteiger partial charge is 0.262 e. The number of hydrogen-bond donors (Lipinski definition) is 1. The molecule has 0 bridgehead atoms. The number of fused-ring (bicyclic) bond motifs is 1. The van der Waals surface area contributed by atoms with Crippen molar-refractivity contribution in [3.63, 3.8) is 0 Å². The number of rotatable bonds is 2. The van der Waals surface area contributed by atoms with E-state index in [4.69, 9.17) is 0 Å². The van der Waals surface area contributed by atoms with Crippen molar-refractivity contribution in [2.45, 2.75) is 26.2 Å². The summed E-state index contributed by atoms with van der Waals surface area (Å²) in [6.07, 6.45) is 2.65. The van der Waals surface area contributed by atoms with E-state index in [1.165, 1.54) is 17.4 Å². The summed E-state index contributed by atoms with van der Waals surface area (Å²) in [5.74, 6) is -2.18. The number of nitriles is 1. The molecule has 1 heterocycles. The van der Waals surface area contributed by atoms with Crippen molar-refractivity contribution in [2.75, 3.05) is 5.32 Å². The molecular weight excluding hydrogens is 318 g/mol. The van der Waals surface area contributed by atoms with E-state index in [9.17, 15) is 18.8 Å². The van der Waals surface area contributed by atoms with E-state index in [0.29, 0.717) is 16.5 Å². The molecule has 0 aliphatic heterocycles. The molecule has 1 amide bonds. The highest BCUT2D eigenvalue weighted by Gasteiger charge is 2.26. The average molecular weight is 332 g/mol. The van der Waals surface area contributed by atoms with Gasteiger partial charge in [0.2, 0.25) is 0 Å². The molecule has 2 aromatic rings. The first-order valence-electron chi connectivity index (χ1n) is 7.31. The third-order valence-electron chi connectivity index (χ3n) is 4.04. The lowest BCUT2D eigenvalue weighted by Crippen LogP contribution is -2.15. The third kappa shape index (κ3) is 2.84. The number of halogens is 2. The fourth-order valence-corrected chi connectivity index (χ4v) is 4.19. The Morgan fingerprint density at radius 1 is 1.39 bits per heavy atom. The highest BCUT2D eigenvalue weighted by atomic mass is 32.1. The Labute approximate surface area is 136 Å². The summed E-state index contributed by atoms with van der Waals surface area (Å²) in [5, 5.41) is 12.3. The molecular formula is C17H14F2N2OS. The van der Waals surface area contributed by atoms with Crippen molar-refractivity contribution in [3.8, 4) is 6.07 Å². The Bertz CT molecular complexity index is 802. The van der Waals surface area contributed by atoms with Crippen LogP contribution in [0.1, 0.15) is 39.7 Å². The highest BCUT2D eigenvalue weighted by Crippen LogP contribution is 2.39. The molecule has 1 aliphatic rings. The van der Waals surface area contributed by atoms with Gasteiger partial charge in [0.25, 0.3) is 5.91 Å². The quantitative estimate of drug-likeness (QED) is 0.892. The number of carbonyl (C=O) groups is 1. The van der Waals surface area contributed by atoms with Crippen LogP contribution in [0.2, 0.25) is 0 Å². The van der Waals surface area contributed by atoms with Gasteiger partial charge in [-0.2, -0.15) is 5.26 Å². The maximum absolute atomic E-state index is 13.7. The summed E-state index contributed by atoms with van der Waals surface area (Å²) in [7, 11) is 0. The number of benzene rings is 1. The minimum absolute atomic E-state index is 0.374. The van der Waals surface area contributed by atoms with E-state index in [1.807, 2.05) is 0 Å². The molecule has 0 unspecified atom stereocenters. The first-order chi connectivity index (χ1) is 11.0. The van der Waals surface area contributed by atoms with E-state index in [-0.39, 0.29) is 0 Å². The van der Waals surface area contributed by atoms with Gasteiger partial charge in [0.1, 0.15) is 28.3 Å². The van der Waals surface area contributed by atoms with Gasteiger partial charge < -0.3 is 5.32 Å². The van der Waals surface area contributed by atoms with Gasteiger partial charge >= 0.3 is 0 Å². The van der Waals surface area contributed by atoms with Crippen LogP contribution in [-0.2, 0) is 12.8 Å². The zero-order chi connectivity index (χ0) is 16.6. The van der Waals surface area contributed by atoms with Crippen LogP contribution in [0, 0.1) is 28.9 Å². The van der Waals surface area contributed by atoms with Crippen LogP contribution in [0.4, 0.5) is 13.8 Å². The third-order valence-corrected chi connectivity index (χ3v) is 5.21. The second kappa shape index (κ2) is 6.09. The summed E-state index contributed by atoms with van der Waals surface area (Å²) >= 11 is 1.33. The first-order valence-corrected chi connectivity index (χ1v) is 8.13. The number of carbonyl (C=O) groups excluding carboxylic acids is 1. The zero-order valence-corrected chi connectivity index (χ0v) is 13.3. The molecule has 0 spiro atoms. The molecule has 6 heteroatoms. The summed E-state index contributed by atoms with van der Waals surface area (Å²) in [6, 6.07) is 5.38. The first kappa shape index (κ1) is 15.6. The molecule has 23 heavy (non-hydrogen) atoms. The predicted molar refractivity (Wildman–Crippen MR) is 84.5 cm³/mol. The lowest BCUT2D eigenvalue weighted by Gasteiger charge is -2.17. The normalized spacial score (nSPS) is 16.5. The van der Waals surface area contributed by atoms with E-state index < -0.39 is 23.1 Å². The van der Waals surface area contributed by atoms with Crippen LogP contribution in [0.25, 0.3) is 0 Å². The topological polar surface area (TPSA) is 52.9 Å². The van der Waals surface area contributed by atoms with Crippen molar-refractivity contribution < 1.29 is 13.6 Å². The van der Waals surface area contributed by atoms with E-state index >= 15 is 0 Å². The molecule has 3 rings (SSSR count). The number of anilines is 1. The molecule has 0 fully saturated rings. The van der Waals surface area contributed by atoms with Crippen LogP contribution in [-0.4, -0.2) is 5.91 Å². The fraction of sp³-hybridized carbons (Fsp3) is 0.294. The number of thiophene rings is 1. The molecule has 0 radical (unpaired) electrons. The van der Waals surface area contributed by atoms with Crippen molar-refractivity contribution in [1.82, 2.24) is 0 Å². The number of nitrogens with one attached hydrogen (secondary N) is 1. The molecule has 1 aromatic carbocycles. The SMILES string of the molecule is C[C@H]1CCc2c(sc(NC(=O)c3c(F)cccc3F)c2C#N)C1. The Kier molecular flexibility index (Phi) is 4.14. The summed E-state index contributed by atoms with van der Waals surface area (Å²) in [4.78, 5) is 13.3. The molecule has 1 aromatic heterocycles. The van der Waals surface area contributed by atoms with Gasteiger partial charge in [-0.05, 0) is 42.9 Å². The molecule has 1 N–H and O–H groups in total. The molecule has 0 saturated carbocycles. The van der Waals surface area contributed by atoms with Crippen LogP contribution >= 0.6 is 11.3 Å². The summed E-state index contributed by atoms with van der Waals surface area (Å²) < 4.78 is 27.4. The van der Waals surface area contributed by atoms with Crippen molar-refractivity contribution in [3.05, 3.63) is 51.4 Å². The number of amides is 1. The monoisotopic (exact) mass is 332 g/mol. The number of hydrogen-bond acceptors (Lipinski definition) is 3. The zero-order valence-electron chi connectivity index (χ0n) is 12.5. The second-order valence-corrected chi connectivity index (χ2v) is 6.82. The van der Waals surface area contributed by atoms with E-state index in [1.54, 1.807) is 0 Å². The Morgan fingerprint density at radius 3 is 2.74 bits per heavy atom. The van der Waals surface area contributed by atoms with Crippen LogP contribution in [0.15, 0.2) is 18.2 Å². The lowest BCUT2D eigenvalue weighted by atomic mass is 9.88. The van der Waals surface area contributed by atoms with Gasteiger partial charge in [-0.1, -0.05) is 13.0 Å².